The zero-order valence-electron chi connectivity index (χ0n) is 12.1. The van der Waals surface area contributed by atoms with Crippen molar-refractivity contribution in [1.82, 2.24) is 10.3 Å². The summed E-state index contributed by atoms with van der Waals surface area (Å²) < 4.78 is 5.20. The SMILES string of the molecule is COc1ccc2[nH+]c(SCC(=O)NC3CCCC3)[nH]c2c1. The zero-order chi connectivity index (χ0) is 14.7. The Bertz CT molecular complexity index is 635. The van der Waals surface area contributed by atoms with Crippen molar-refractivity contribution in [1.29, 1.82) is 0 Å². The van der Waals surface area contributed by atoms with E-state index < -0.39 is 0 Å². The van der Waals surface area contributed by atoms with Gasteiger partial charge in [-0.1, -0.05) is 12.8 Å². The quantitative estimate of drug-likeness (QED) is 0.832. The molecule has 1 fully saturated rings. The lowest BCUT2D eigenvalue weighted by Gasteiger charge is -2.10. The van der Waals surface area contributed by atoms with E-state index in [4.69, 9.17) is 4.74 Å². The van der Waals surface area contributed by atoms with Crippen LogP contribution in [0, 0.1) is 0 Å². The molecule has 0 saturated heterocycles. The number of methoxy groups -OCH3 is 1. The number of amides is 1. The summed E-state index contributed by atoms with van der Waals surface area (Å²) in [5, 5.41) is 3.98. The maximum Gasteiger partial charge on any atom is 0.315 e. The second-order valence-corrected chi connectivity index (χ2v) is 6.31. The number of rotatable bonds is 5. The first-order chi connectivity index (χ1) is 10.2. The number of thioether (sulfide) groups is 1. The minimum atomic E-state index is 0.108. The molecule has 1 heterocycles. The highest BCUT2D eigenvalue weighted by Gasteiger charge is 2.18. The van der Waals surface area contributed by atoms with Crippen LogP contribution in [0.15, 0.2) is 23.4 Å². The molecule has 2 aromatic rings. The molecule has 21 heavy (non-hydrogen) atoms. The van der Waals surface area contributed by atoms with Crippen LogP contribution < -0.4 is 15.0 Å². The van der Waals surface area contributed by atoms with Crippen LogP contribution in [0.1, 0.15) is 25.7 Å². The smallest absolute Gasteiger partial charge is 0.315 e. The third kappa shape index (κ3) is 3.50. The van der Waals surface area contributed by atoms with Crippen molar-refractivity contribution >= 4 is 28.7 Å². The number of aromatic amines is 2. The number of hydrogen-bond acceptors (Lipinski definition) is 3. The van der Waals surface area contributed by atoms with Gasteiger partial charge < -0.3 is 10.1 Å². The van der Waals surface area contributed by atoms with Gasteiger partial charge in [-0.05, 0) is 36.7 Å². The van der Waals surface area contributed by atoms with Crippen LogP contribution in [0.25, 0.3) is 11.0 Å². The maximum absolute atomic E-state index is 11.9. The summed E-state index contributed by atoms with van der Waals surface area (Å²) in [5.74, 6) is 1.35. The van der Waals surface area contributed by atoms with Gasteiger partial charge in [-0.3, -0.25) is 4.79 Å². The second-order valence-electron chi connectivity index (χ2n) is 5.33. The minimum Gasteiger partial charge on any atom is -0.497 e. The fraction of sp³-hybridized carbons (Fsp3) is 0.467. The molecule has 0 atom stereocenters. The van der Waals surface area contributed by atoms with Gasteiger partial charge in [-0.2, -0.15) is 0 Å². The molecule has 1 amide bonds. The Morgan fingerprint density at radius 1 is 1.48 bits per heavy atom. The van der Waals surface area contributed by atoms with Gasteiger partial charge in [0.25, 0.3) is 0 Å². The van der Waals surface area contributed by atoms with Gasteiger partial charge >= 0.3 is 5.16 Å². The van der Waals surface area contributed by atoms with E-state index in [0.717, 1.165) is 34.8 Å². The van der Waals surface area contributed by atoms with Crippen LogP contribution in [-0.4, -0.2) is 29.8 Å². The maximum atomic E-state index is 11.9. The molecule has 0 unspecified atom stereocenters. The largest absolute Gasteiger partial charge is 0.497 e. The summed E-state index contributed by atoms with van der Waals surface area (Å²) in [4.78, 5) is 18.4. The molecule has 1 aromatic heterocycles. The zero-order valence-corrected chi connectivity index (χ0v) is 12.9. The summed E-state index contributed by atoms with van der Waals surface area (Å²) in [6, 6.07) is 6.20. The molecule has 0 bridgehead atoms. The lowest BCUT2D eigenvalue weighted by atomic mass is 10.2. The van der Waals surface area contributed by atoms with Crippen LogP contribution in [0.2, 0.25) is 0 Å². The number of aromatic nitrogens is 2. The van der Waals surface area contributed by atoms with E-state index in [1.54, 1.807) is 7.11 Å². The monoisotopic (exact) mass is 306 g/mol. The van der Waals surface area contributed by atoms with Gasteiger partial charge in [-0.15, -0.1) is 0 Å². The molecular weight excluding hydrogens is 286 g/mol. The first-order valence-electron chi connectivity index (χ1n) is 7.26. The van der Waals surface area contributed by atoms with E-state index in [9.17, 15) is 4.79 Å². The highest BCUT2D eigenvalue weighted by Crippen LogP contribution is 2.21. The molecule has 1 aromatic carbocycles. The number of benzene rings is 1. The Labute approximate surface area is 127 Å². The van der Waals surface area contributed by atoms with Crippen LogP contribution in [-0.2, 0) is 4.79 Å². The number of ether oxygens (including phenoxy) is 1. The Balaban J connectivity index is 1.58. The van der Waals surface area contributed by atoms with Gasteiger partial charge in [0.05, 0.1) is 12.9 Å². The molecule has 1 aliphatic rings. The lowest BCUT2D eigenvalue weighted by molar-refractivity contribution is -0.396. The van der Waals surface area contributed by atoms with Crippen molar-refractivity contribution in [2.45, 2.75) is 36.9 Å². The van der Waals surface area contributed by atoms with E-state index in [-0.39, 0.29) is 5.91 Å². The van der Waals surface area contributed by atoms with E-state index >= 15 is 0 Å². The van der Waals surface area contributed by atoms with Crippen LogP contribution >= 0.6 is 11.8 Å². The highest BCUT2D eigenvalue weighted by atomic mass is 32.2. The minimum absolute atomic E-state index is 0.108. The fourth-order valence-corrected chi connectivity index (χ4v) is 3.41. The predicted molar refractivity (Wildman–Crippen MR) is 82.5 cm³/mol. The van der Waals surface area contributed by atoms with Gasteiger partial charge in [0.1, 0.15) is 5.75 Å². The van der Waals surface area contributed by atoms with Crippen molar-refractivity contribution < 1.29 is 14.5 Å². The Morgan fingerprint density at radius 2 is 2.29 bits per heavy atom. The summed E-state index contributed by atoms with van der Waals surface area (Å²) in [7, 11) is 1.65. The average Bonchev–Trinajstić information content (AvgIpc) is 3.12. The fourth-order valence-electron chi connectivity index (χ4n) is 2.69. The molecule has 0 aliphatic heterocycles. The summed E-state index contributed by atoms with van der Waals surface area (Å²) in [6.07, 6.45) is 4.70. The number of imidazole rings is 1. The highest BCUT2D eigenvalue weighted by molar-refractivity contribution is 7.99. The van der Waals surface area contributed by atoms with Crippen molar-refractivity contribution in [2.24, 2.45) is 0 Å². The van der Waals surface area contributed by atoms with Crippen molar-refractivity contribution in [3.05, 3.63) is 18.2 Å². The first-order valence-corrected chi connectivity index (χ1v) is 8.24. The number of fused-ring (bicyclic) bond motifs is 1. The van der Waals surface area contributed by atoms with Gasteiger partial charge in [-0.25, -0.2) is 9.97 Å². The Hall–Kier alpha value is -1.69. The second kappa shape index (κ2) is 6.39. The number of nitrogens with one attached hydrogen (secondary N) is 3. The molecule has 6 heteroatoms. The van der Waals surface area contributed by atoms with E-state index in [1.807, 2.05) is 18.2 Å². The summed E-state index contributed by atoms with van der Waals surface area (Å²) in [5.41, 5.74) is 1.99. The third-order valence-electron chi connectivity index (χ3n) is 3.79. The lowest BCUT2D eigenvalue weighted by Crippen LogP contribution is -2.34. The van der Waals surface area contributed by atoms with Crippen molar-refractivity contribution in [3.8, 4) is 5.75 Å². The standard InChI is InChI=1S/C15H19N3O2S/c1-20-11-6-7-12-13(8-11)18-15(17-12)21-9-14(19)16-10-4-2-3-5-10/h6-8,10H,2-5,9H2,1H3,(H,16,19)(H,17,18)/p+1. The number of carbonyl (C=O) groups is 1. The van der Waals surface area contributed by atoms with Crippen molar-refractivity contribution in [2.75, 3.05) is 12.9 Å². The number of hydrogen-bond donors (Lipinski definition) is 2. The number of H-pyrrole nitrogens is 2. The molecule has 3 rings (SSSR count). The third-order valence-corrected chi connectivity index (χ3v) is 4.69. The molecule has 0 spiro atoms. The van der Waals surface area contributed by atoms with Crippen LogP contribution in [0.5, 0.6) is 5.75 Å². The Kier molecular flexibility index (Phi) is 4.34. The van der Waals surface area contributed by atoms with Crippen LogP contribution in [0.3, 0.4) is 0 Å². The van der Waals surface area contributed by atoms with E-state index in [0.29, 0.717) is 11.8 Å². The summed E-state index contributed by atoms with van der Waals surface area (Å²) >= 11 is 1.49. The van der Waals surface area contributed by atoms with Crippen molar-refractivity contribution in [3.63, 3.8) is 0 Å². The first kappa shape index (κ1) is 14.3. The molecule has 1 saturated carbocycles. The molecule has 3 N–H and O–H groups in total. The van der Waals surface area contributed by atoms with Gasteiger partial charge in [0.2, 0.25) is 5.91 Å². The normalized spacial score (nSPS) is 15.5. The van der Waals surface area contributed by atoms with Gasteiger partial charge in [0.15, 0.2) is 11.0 Å². The Morgan fingerprint density at radius 3 is 3.05 bits per heavy atom. The number of carbonyl (C=O) groups excluding carboxylic acids is 1. The molecular formula is C15H20N3O2S+. The van der Waals surface area contributed by atoms with E-state index in [2.05, 4.69) is 15.3 Å². The topological polar surface area (TPSA) is 68.3 Å². The van der Waals surface area contributed by atoms with E-state index in [1.165, 1.54) is 24.6 Å². The molecule has 5 nitrogen and oxygen atoms in total. The molecule has 112 valence electrons. The average molecular weight is 306 g/mol. The predicted octanol–water partition coefficient (Wildman–Crippen LogP) is 2.14. The van der Waals surface area contributed by atoms with Crippen LogP contribution in [0.4, 0.5) is 0 Å². The summed E-state index contributed by atoms with van der Waals surface area (Å²) in [6.45, 7) is 0. The van der Waals surface area contributed by atoms with Gasteiger partial charge in [0, 0.05) is 12.1 Å². The molecule has 1 aliphatic carbocycles. The molecule has 0 radical (unpaired) electrons.